The van der Waals surface area contributed by atoms with Gasteiger partial charge in [-0.3, -0.25) is 4.99 Å². The highest BCUT2D eigenvalue weighted by atomic mass is 15.2. The minimum atomic E-state index is 0.536. The fraction of sp³-hybridized carbons (Fsp3) is 0.545. The number of aromatic nitrogens is 2. The van der Waals surface area contributed by atoms with Gasteiger partial charge in [0, 0.05) is 32.0 Å². The first-order valence-electron chi connectivity index (χ1n) is 10.3. The molecule has 27 heavy (non-hydrogen) atoms. The Morgan fingerprint density at radius 3 is 2.67 bits per heavy atom. The van der Waals surface area contributed by atoms with E-state index in [4.69, 9.17) is 0 Å². The molecule has 0 saturated heterocycles. The van der Waals surface area contributed by atoms with E-state index >= 15 is 0 Å². The van der Waals surface area contributed by atoms with E-state index in [1.54, 1.807) is 0 Å². The molecule has 3 rings (SSSR count). The molecule has 0 atom stereocenters. The van der Waals surface area contributed by atoms with Crippen LogP contribution in [0, 0.1) is 5.92 Å². The maximum absolute atomic E-state index is 4.51. The zero-order valence-electron chi connectivity index (χ0n) is 16.7. The molecule has 0 aliphatic heterocycles. The van der Waals surface area contributed by atoms with Crippen molar-refractivity contribution in [3.8, 4) is 0 Å². The minimum absolute atomic E-state index is 0.536. The number of rotatable bonds is 7. The summed E-state index contributed by atoms with van der Waals surface area (Å²) < 4.78 is 2.19. The Hall–Kier alpha value is -2.30. The lowest BCUT2D eigenvalue weighted by atomic mass is 9.83. The molecule has 1 fully saturated rings. The van der Waals surface area contributed by atoms with Gasteiger partial charge < -0.3 is 15.2 Å². The third-order valence-electron chi connectivity index (χ3n) is 5.52. The molecule has 0 unspecified atom stereocenters. The minimum Gasteiger partial charge on any atom is -0.354 e. The summed E-state index contributed by atoms with van der Waals surface area (Å²) in [6.45, 7) is 3.80. The summed E-state index contributed by atoms with van der Waals surface area (Å²) >= 11 is 0. The number of hydrogen-bond donors (Lipinski definition) is 2. The van der Waals surface area contributed by atoms with Crippen LogP contribution in [0.15, 0.2) is 47.7 Å². The summed E-state index contributed by atoms with van der Waals surface area (Å²) in [7, 11) is 1.84. The Kier molecular flexibility index (Phi) is 7.31. The first-order valence-corrected chi connectivity index (χ1v) is 10.3. The number of nitrogens with zero attached hydrogens (tertiary/aromatic N) is 3. The summed E-state index contributed by atoms with van der Waals surface area (Å²) in [5.41, 5.74) is 1.28. The molecule has 0 spiro atoms. The Morgan fingerprint density at radius 2 is 1.96 bits per heavy atom. The highest BCUT2D eigenvalue weighted by Gasteiger charge is 2.21. The predicted molar refractivity (Wildman–Crippen MR) is 112 cm³/mol. The number of guanidine groups is 1. The average Bonchev–Trinajstić information content (AvgIpc) is 3.14. The molecular formula is C22H33N5. The zero-order chi connectivity index (χ0) is 18.9. The van der Waals surface area contributed by atoms with E-state index in [9.17, 15) is 0 Å². The van der Waals surface area contributed by atoms with Crippen LogP contribution < -0.4 is 10.6 Å². The van der Waals surface area contributed by atoms with Gasteiger partial charge in [-0.05, 0) is 37.2 Å². The molecule has 2 aromatic rings. The summed E-state index contributed by atoms with van der Waals surface area (Å²) in [5.74, 6) is 2.82. The van der Waals surface area contributed by atoms with Crippen LogP contribution in [0.1, 0.15) is 56.8 Å². The molecule has 1 aliphatic rings. The van der Waals surface area contributed by atoms with Gasteiger partial charge in [-0.1, -0.05) is 50.1 Å². The van der Waals surface area contributed by atoms with Gasteiger partial charge in [0.2, 0.25) is 0 Å². The van der Waals surface area contributed by atoms with Crippen LogP contribution in [0.25, 0.3) is 0 Å². The standard InChI is InChI=1S/C22H33N5/c1-3-7-18-10-12-20(13-11-18)26-22(23-2)25-16-21-24-14-15-27(21)17-19-8-5-4-6-9-19/h4-6,8-9,14-15,18,20H,3,7,10-13,16-17H2,1-2H3,(H2,23,25,26). The summed E-state index contributed by atoms with van der Waals surface area (Å²) in [6, 6.07) is 11.0. The van der Waals surface area contributed by atoms with Crippen molar-refractivity contribution in [3.63, 3.8) is 0 Å². The van der Waals surface area contributed by atoms with Crippen LogP contribution in [0.3, 0.4) is 0 Å². The average molecular weight is 368 g/mol. The quantitative estimate of drug-likeness (QED) is 0.575. The second-order valence-electron chi connectivity index (χ2n) is 7.53. The van der Waals surface area contributed by atoms with Crippen LogP contribution in [0.2, 0.25) is 0 Å². The maximum atomic E-state index is 4.51. The van der Waals surface area contributed by atoms with E-state index in [0.29, 0.717) is 12.6 Å². The van der Waals surface area contributed by atoms with E-state index in [0.717, 1.165) is 24.2 Å². The van der Waals surface area contributed by atoms with Gasteiger partial charge in [0.15, 0.2) is 5.96 Å². The van der Waals surface area contributed by atoms with Crippen LogP contribution in [-0.4, -0.2) is 28.6 Å². The second kappa shape index (κ2) is 10.1. The molecule has 2 N–H and O–H groups in total. The van der Waals surface area contributed by atoms with Crippen LogP contribution in [0.4, 0.5) is 0 Å². The number of benzene rings is 1. The van der Waals surface area contributed by atoms with Crippen molar-refractivity contribution in [1.82, 2.24) is 20.2 Å². The highest BCUT2D eigenvalue weighted by Crippen LogP contribution is 2.27. The molecule has 1 aromatic heterocycles. The molecule has 5 heteroatoms. The second-order valence-corrected chi connectivity index (χ2v) is 7.53. The van der Waals surface area contributed by atoms with Crippen molar-refractivity contribution in [1.29, 1.82) is 0 Å². The third-order valence-corrected chi connectivity index (χ3v) is 5.52. The van der Waals surface area contributed by atoms with Crippen molar-refractivity contribution < 1.29 is 0 Å². The predicted octanol–water partition coefficient (Wildman–Crippen LogP) is 3.96. The maximum Gasteiger partial charge on any atom is 0.191 e. The molecule has 1 aliphatic carbocycles. The van der Waals surface area contributed by atoms with Gasteiger partial charge in [0.1, 0.15) is 5.82 Å². The van der Waals surface area contributed by atoms with Crippen LogP contribution in [0.5, 0.6) is 0 Å². The Balaban J connectivity index is 1.48. The molecular weight excluding hydrogens is 334 g/mol. The lowest BCUT2D eigenvalue weighted by molar-refractivity contribution is 0.295. The van der Waals surface area contributed by atoms with Crippen molar-refractivity contribution >= 4 is 5.96 Å². The highest BCUT2D eigenvalue weighted by molar-refractivity contribution is 5.79. The molecule has 1 aromatic carbocycles. The molecule has 0 bridgehead atoms. The monoisotopic (exact) mass is 367 g/mol. The lowest BCUT2D eigenvalue weighted by Crippen LogP contribution is -2.44. The SMILES string of the molecule is CCCC1CCC(NC(=NC)NCc2nccn2Cc2ccccc2)CC1. The third kappa shape index (κ3) is 5.84. The number of imidazole rings is 1. The molecule has 0 radical (unpaired) electrons. The van der Waals surface area contributed by atoms with Gasteiger partial charge in [-0.2, -0.15) is 0 Å². The number of aliphatic imine (C=N–C) groups is 1. The molecule has 1 heterocycles. The molecule has 0 amide bonds. The van der Waals surface area contributed by atoms with E-state index in [1.807, 2.05) is 25.5 Å². The van der Waals surface area contributed by atoms with Crippen LogP contribution >= 0.6 is 0 Å². The summed E-state index contributed by atoms with van der Waals surface area (Å²) in [4.78, 5) is 8.92. The Labute approximate surface area is 163 Å². The Morgan fingerprint density at radius 1 is 1.19 bits per heavy atom. The van der Waals surface area contributed by atoms with Gasteiger partial charge in [-0.25, -0.2) is 4.98 Å². The van der Waals surface area contributed by atoms with Crippen LogP contribution in [-0.2, 0) is 13.1 Å². The van der Waals surface area contributed by atoms with Crippen molar-refractivity contribution in [2.45, 2.75) is 64.6 Å². The first-order chi connectivity index (χ1) is 13.3. The first kappa shape index (κ1) is 19.5. The zero-order valence-corrected chi connectivity index (χ0v) is 16.7. The number of hydrogen-bond acceptors (Lipinski definition) is 2. The van der Waals surface area contributed by atoms with Crippen molar-refractivity contribution in [3.05, 3.63) is 54.1 Å². The smallest absolute Gasteiger partial charge is 0.191 e. The van der Waals surface area contributed by atoms with Crippen molar-refractivity contribution in [2.24, 2.45) is 10.9 Å². The molecule has 1 saturated carbocycles. The van der Waals surface area contributed by atoms with E-state index in [-0.39, 0.29) is 0 Å². The van der Waals surface area contributed by atoms with Gasteiger partial charge in [0.25, 0.3) is 0 Å². The van der Waals surface area contributed by atoms with E-state index in [1.165, 1.54) is 44.1 Å². The summed E-state index contributed by atoms with van der Waals surface area (Å²) in [5, 5.41) is 7.04. The Bertz CT molecular complexity index is 699. The fourth-order valence-electron chi connectivity index (χ4n) is 3.99. The summed E-state index contributed by atoms with van der Waals surface area (Å²) in [6.07, 6.45) is 11.8. The fourth-order valence-corrected chi connectivity index (χ4v) is 3.99. The molecule has 5 nitrogen and oxygen atoms in total. The van der Waals surface area contributed by atoms with Gasteiger partial charge in [0.05, 0.1) is 6.54 Å². The normalized spacial score (nSPS) is 20.4. The topological polar surface area (TPSA) is 54.2 Å². The van der Waals surface area contributed by atoms with Crippen molar-refractivity contribution in [2.75, 3.05) is 7.05 Å². The van der Waals surface area contributed by atoms with Gasteiger partial charge in [-0.15, -0.1) is 0 Å². The van der Waals surface area contributed by atoms with E-state index in [2.05, 4.69) is 56.4 Å². The molecule has 146 valence electrons. The van der Waals surface area contributed by atoms with E-state index < -0.39 is 0 Å². The lowest BCUT2D eigenvalue weighted by Gasteiger charge is -2.30. The van der Waals surface area contributed by atoms with Gasteiger partial charge >= 0.3 is 0 Å². The largest absolute Gasteiger partial charge is 0.354 e. The number of nitrogens with one attached hydrogen (secondary N) is 2.